The normalized spacial score (nSPS) is 13.9. The first kappa shape index (κ1) is 16.7. The highest BCUT2D eigenvalue weighted by molar-refractivity contribution is 8.93. The van der Waals surface area contributed by atoms with Gasteiger partial charge in [-0.1, -0.05) is 0 Å². The predicted molar refractivity (Wildman–Crippen MR) is 49.9 cm³/mol. The van der Waals surface area contributed by atoms with E-state index in [1.807, 2.05) is 0 Å². The Labute approximate surface area is 80.5 Å². The van der Waals surface area contributed by atoms with Crippen molar-refractivity contribution in [1.82, 2.24) is 0 Å². The van der Waals surface area contributed by atoms with E-state index in [9.17, 15) is 4.79 Å². The maximum atomic E-state index is 10.0. The summed E-state index contributed by atoms with van der Waals surface area (Å²) in [6.07, 6.45) is 0. The van der Waals surface area contributed by atoms with Crippen LogP contribution in [0.5, 0.6) is 0 Å². The summed E-state index contributed by atoms with van der Waals surface area (Å²) in [5.41, 5.74) is 8.87. The number of aliphatic carboxylic acids is 1. The number of carboxylic acids is 1. The molecule has 0 rings (SSSR count). The van der Waals surface area contributed by atoms with Crippen LogP contribution in [0, 0.1) is 0 Å². The lowest BCUT2D eigenvalue weighted by Crippen LogP contribution is -2.51. The minimum absolute atomic E-state index is 0. The van der Waals surface area contributed by atoms with E-state index >= 15 is 0 Å². The molecular weight excluding hydrogens is 268 g/mol. The molecule has 0 bridgehead atoms. The van der Waals surface area contributed by atoms with E-state index in [1.165, 1.54) is 6.92 Å². The molecule has 0 aliphatic heterocycles. The third kappa shape index (κ3) is 5.16. The van der Waals surface area contributed by atoms with Gasteiger partial charge in [0.05, 0.1) is 0 Å². The van der Waals surface area contributed by atoms with E-state index in [4.69, 9.17) is 16.6 Å². The highest BCUT2D eigenvalue weighted by Crippen LogP contribution is 1.92. The molecule has 0 saturated heterocycles. The van der Waals surface area contributed by atoms with Gasteiger partial charge in [0, 0.05) is 6.54 Å². The van der Waals surface area contributed by atoms with Crippen LogP contribution in [0.15, 0.2) is 0 Å². The Balaban J connectivity index is -0.000000245. The lowest BCUT2D eigenvalue weighted by Gasteiger charge is -2.14. The van der Waals surface area contributed by atoms with Gasteiger partial charge in [0.25, 0.3) is 0 Å². The number of halogens is 2. The lowest BCUT2D eigenvalue weighted by molar-refractivity contribution is -0.142. The molecule has 6 heteroatoms. The van der Waals surface area contributed by atoms with Crippen LogP contribution in [0.2, 0.25) is 0 Å². The molecular formula is C4H12Br2N2O2. The van der Waals surface area contributed by atoms with E-state index in [0.717, 1.165) is 0 Å². The van der Waals surface area contributed by atoms with Crippen molar-refractivity contribution >= 4 is 39.9 Å². The summed E-state index contributed by atoms with van der Waals surface area (Å²) in [6, 6.07) is 0. The smallest absolute Gasteiger partial charge is 0.324 e. The van der Waals surface area contributed by atoms with Gasteiger partial charge in [-0.3, -0.25) is 4.79 Å². The minimum Gasteiger partial charge on any atom is -0.480 e. The van der Waals surface area contributed by atoms with Crippen molar-refractivity contribution in [1.29, 1.82) is 0 Å². The average Bonchev–Trinajstić information content (AvgIpc) is 1.67. The second-order valence-corrected chi connectivity index (χ2v) is 1.93. The van der Waals surface area contributed by atoms with Crippen LogP contribution in [0.4, 0.5) is 0 Å². The highest BCUT2D eigenvalue weighted by atomic mass is 79.9. The number of hydrogen-bond acceptors (Lipinski definition) is 3. The Morgan fingerprint density at radius 1 is 1.60 bits per heavy atom. The number of rotatable bonds is 2. The van der Waals surface area contributed by atoms with Crippen LogP contribution in [0.1, 0.15) is 6.92 Å². The van der Waals surface area contributed by atoms with Crippen molar-refractivity contribution in [3.8, 4) is 0 Å². The molecule has 0 saturated carbocycles. The molecule has 1 atom stereocenters. The molecule has 0 heterocycles. The fourth-order valence-corrected chi connectivity index (χ4v) is 0.0873. The maximum absolute atomic E-state index is 10.0. The largest absolute Gasteiger partial charge is 0.480 e. The van der Waals surface area contributed by atoms with E-state index in [-0.39, 0.29) is 40.5 Å². The summed E-state index contributed by atoms with van der Waals surface area (Å²) < 4.78 is 0. The Morgan fingerprint density at radius 2 is 1.90 bits per heavy atom. The summed E-state index contributed by atoms with van der Waals surface area (Å²) in [4.78, 5) is 10.0. The summed E-state index contributed by atoms with van der Waals surface area (Å²) in [5.74, 6) is -1.07. The van der Waals surface area contributed by atoms with Crippen molar-refractivity contribution in [2.75, 3.05) is 6.54 Å². The van der Waals surface area contributed by atoms with Crippen molar-refractivity contribution < 1.29 is 9.90 Å². The monoisotopic (exact) mass is 278 g/mol. The summed E-state index contributed by atoms with van der Waals surface area (Å²) in [6.45, 7) is 1.33. The molecule has 10 heavy (non-hydrogen) atoms. The lowest BCUT2D eigenvalue weighted by atomic mass is 10.1. The quantitative estimate of drug-likeness (QED) is 0.659. The zero-order valence-electron chi connectivity index (χ0n) is 5.53. The molecule has 4 nitrogen and oxygen atoms in total. The molecule has 0 radical (unpaired) electrons. The molecule has 0 aromatic carbocycles. The van der Waals surface area contributed by atoms with Gasteiger partial charge in [0.2, 0.25) is 0 Å². The van der Waals surface area contributed by atoms with E-state index < -0.39 is 11.5 Å². The topological polar surface area (TPSA) is 89.3 Å². The standard InChI is InChI=1S/C4H10N2O2.2BrH/c1-4(6,2-5)3(7)8;;/h2,5-6H2,1H3,(H,7,8);2*1H. The highest BCUT2D eigenvalue weighted by Gasteiger charge is 2.24. The van der Waals surface area contributed by atoms with Gasteiger partial charge in [-0.15, -0.1) is 34.0 Å². The zero-order chi connectivity index (χ0) is 6.78. The van der Waals surface area contributed by atoms with Crippen molar-refractivity contribution in [2.24, 2.45) is 11.5 Å². The molecule has 0 aliphatic rings. The van der Waals surface area contributed by atoms with Gasteiger partial charge in [-0.25, -0.2) is 0 Å². The number of carbonyl (C=O) groups is 1. The second-order valence-electron chi connectivity index (χ2n) is 1.93. The Kier molecular flexibility index (Phi) is 10.2. The van der Waals surface area contributed by atoms with Crippen molar-refractivity contribution in [2.45, 2.75) is 12.5 Å². The average molecular weight is 280 g/mol. The molecule has 0 fully saturated rings. The van der Waals surface area contributed by atoms with E-state index in [0.29, 0.717) is 0 Å². The van der Waals surface area contributed by atoms with Gasteiger partial charge in [0.15, 0.2) is 0 Å². The van der Waals surface area contributed by atoms with Crippen LogP contribution in [0.3, 0.4) is 0 Å². The third-order valence-electron chi connectivity index (χ3n) is 0.913. The zero-order valence-corrected chi connectivity index (χ0v) is 8.96. The van der Waals surface area contributed by atoms with Crippen LogP contribution in [-0.4, -0.2) is 23.2 Å². The van der Waals surface area contributed by atoms with Crippen molar-refractivity contribution in [3.63, 3.8) is 0 Å². The molecule has 0 amide bonds. The molecule has 0 aliphatic carbocycles. The second kappa shape index (κ2) is 6.09. The van der Waals surface area contributed by atoms with Gasteiger partial charge in [-0.2, -0.15) is 0 Å². The fourth-order valence-electron chi connectivity index (χ4n) is 0.0873. The van der Waals surface area contributed by atoms with Gasteiger partial charge >= 0.3 is 5.97 Å². The first-order chi connectivity index (χ1) is 3.50. The predicted octanol–water partition coefficient (Wildman–Crippen LogP) is -0.0971. The Bertz CT molecular complexity index is 107. The molecule has 0 spiro atoms. The van der Waals surface area contributed by atoms with Crippen LogP contribution < -0.4 is 11.5 Å². The van der Waals surface area contributed by atoms with E-state index in [2.05, 4.69) is 0 Å². The minimum atomic E-state index is -1.26. The van der Waals surface area contributed by atoms with Crippen LogP contribution in [-0.2, 0) is 4.79 Å². The van der Waals surface area contributed by atoms with Gasteiger partial charge < -0.3 is 16.6 Å². The van der Waals surface area contributed by atoms with E-state index in [1.54, 1.807) is 0 Å². The fraction of sp³-hybridized carbons (Fsp3) is 0.750. The Morgan fingerprint density at radius 3 is 1.90 bits per heavy atom. The number of carboxylic acid groups (broad SMARTS) is 1. The van der Waals surface area contributed by atoms with Gasteiger partial charge in [-0.05, 0) is 6.92 Å². The Hall–Kier alpha value is 0.350. The maximum Gasteiger partial charge on any atom is 0.324 e. The van der Waals surface area contributed by atoms with Gasteiger partial charge in [0.1, 0.15) is 5.54 Å². The van der Waals surface area contributed by atoms with Crippen LogP contribution in [0.25, 0.3) is 0 Å². The third-order valence-corrected chi connectivity index (χ3v) is 0.913. The summed E-state index contributed by atoms with van der Waals surface area (Å²) >= 11 is 0. The number of hydrogen-bond donors (Lipinski definition) is 3. The molecule has 0 aromatic rings. The first-order valence-corrected chi connectivity index (χ1v) is 2.23. The molecule has 1 unspecified atom stereocenters. The molecule has 5 N–H and O–H groups in total. The SMILES string of the molecule is Br.Br.CC(N)(CN)C(=O)O. The first-order valence-electron chi connectivity index (χ1n) is 2.23. The molecule has 0 aromatic heterocycles. The number of nitrogens with two attached hydrogens (primary N) is 2. The summed E-state index contributed by atoms with van der Waals surface area (Å²) in [5, 5.41) is 8.24. The van der Waals surface area contributed by atoms with Crippen LogP contribution >= 0.6 is 34.0 Å². The molecule has 64 valence electrons. The van der Waals surface area contributed by atoms with Crippen molar-refractivity contribution in [3.05, 3.63) is 0 Å². The summed E-state index contributed by atoms with van der Waals surface area (Å²) in [7, 11) is 0.